The van der Waals surface area contributed by atoms with Crippen LogP contribution in [0.1, 0.15) is 41.7 Å². The molecule has 1 fully saturated rings. The van der Waals surface area contributed by atoms with E-state index in [1.165, 1.54) is 18.9 Å². The zero-order chi connectivity index (χ0) is 11.5. The highest BCUT2D eigenvalue weighted by Gasteiger charge is 2.18. The molecule has 1 aromatic rings. The number of aromatic carboxylic acids is 1. The molecular weight excluding hydrogens is 206 g/mol. The van der Waals surface area contributed by atoms with Crippen LogP contribution in [-0.2, 0) is 0 Å². The Kier molecular flexibility index (Phi) is 3.08. The highest BCUT2D eigenvalue weighted by molar-refractivity contribution is 5.87. The number of carboxylic acids is 1. The molecule has 1 aromatic heterocycles. The summed E-state index contributed by atoms with van der Waals surface area (Å²) in [5.74, 6) is -0.508. The molecule has 0 bridgehead atoms. The lowest BCUT2D eigenvalue weighted by atomic mass is 10.2. The maximum atomic E-state index is 10.9. The Labute approximate surface area is 94.3 Å². The topological polar surface area (TPSA) is 59.4 Å². The molecule has 1 N–H and O–H groups in total. The first-order chi connectivity index (χ1) is 7.65. The molecule has 1 saturated carbocycles. The molecule has 1 aliphatic rings. The van der Waals surface area contributed by atoms with Crippen LogP contribution in [0.15, 0.2) is 12.1 Å². The molecule has 0 aromatic carbocycles. The lowest BCUT2D eigenvalue weighted by Crippen LogP contribution is -2.12. The summed E-state index contributed by atoms with van der Waals surface area (Å²) in [6, 6.07) is 3.04. The quantitative estimate of drug-likeness (QED) is 0.851. The normalized spacial score (nSPS) is 16.3. The molecule has 2 rings (SSSR count). The first-order valence-electron chi connectivity index (χ1n) is 5.54. The number of ether oxygens (including phenoxy) is 1. The Morgan fingerprint density at radius 3 is 2.75 bits per heavy atom. The summed E-state index contributed by atoms with van der Waals surface area (Å²) < 4.78 is 5.67. The van der Waals surface area contributed by atoms with Crippen molar-refractivity contribution in [3.8, 4) is 5.88 Å². The van der Waals surface area contributed by atoms with Gasteiger partial charge in [-0.25, -0.2) is 9.78 Å². The van der Waals surface area contributed by atoms with Gasteiger partial charge in [-0.15, -0.1) is 0 Å². The molecule has 1 aliphatic carbocycles. The van der Waals surface area contributed by atoms with Crippen molar-refractivity contribution in [2.45, 2.75) is 38.7 Å². The van der Waals surface area contributed by atoms with Crippen molar-refractivity contribution in [2.75, 3.05) is 0 Å². The molecule has 1 heterocycles. The van der Waals surface area contributed by atoms with Gasteiger partial charge in [0.05, 0.1) is 5.56 Å². The predicted molar refractivity (Wildman–Crippen MR) is 58.8 cm³/mol. The van der Waals surface area contributed by atoms with Crippen LogP contribution in [0.25, 0.3) is 0 Å². The van der Waals surface area contributed by atoms with Gasteiger partial charge >= 0.3 is 5.97 Å². The van der Waals surface area contributed by atoms with Crippen molar-refractivity contribution in [3.05, 3.63) is 23.4 Å². The molecule has 0 saturated heterocycles. The third-order valence-electron chi connectivity index (χ3n) is 2.77. The molecule has 0 amide bonds. The fourth-order valence-electron chi connectivity index (χ4n) is 2.00. The summed E-state index contributed by atoms with van der Waals surface area (Å²) in [5.41, 5.74) is 0.911. The fourth-order valence-corrected chi connectivity index (χ4v) is 2.00. The van der Waals surface area contributed by atoms with Gasteiger partial charge in [0.1, 0.15) is 6.10 Å². The lowest BCUT2D eigenvalue weighted by Gasteiger charge is -2.12. The summed E-state index contributed by atoms with van der Waals surface area (Å²) in [5, 5.41) is 8.91. The number of aryl methyl sites for hydroxylation is 1. The first kappa shape index (κ1) is 10.9. The number of rotatable bonds is 3. The minimum absolute atomic E-state index is 0.205. The van der Waals surface area contributed by atoms with Crippen LogP contribution in [0.4, 0.5) is 0 Å². The molecule has 0 radical (unpaired) electrons. The van der Waals surface area contributed by atoms with Gasteiger partial charge in [-0.3, -0.25) is 0 Å². The summed E-state index contributed by atoms with van der Waals surface area (Å²) in [6.07, 6.45) is 4.65. The second-order valence-electron chi connectivity index (χ2n) is 4.16. The monoisotopic (exact) mass is 221 g/mol. The molecule has 0 spiro atoms. The Morgan fingerprint density at radius 2 is 2.12 bits per heavy atom. The van der Waals surface area contributed by atoms with Crippen molar-refractivity contribution >= 4 is 5.97 Å². The van der Waals surface area contributed by atoms with Gasteiger partial charge in [0.25, 0.3) is 0 Å². The molecule has 4 heteroatoms. The zero-order valence-corrected chi connectivity index (χ0v) is 9.27. The lowest BCUT2D eigenvalue weighted by molar-refractivity contribution is 0.0695. The van der Waals surface area contributed by atoms with E-state index in [0.29, 0.717) is 11.6 Å². The average molecular weight is 221 g/mol. The van der Waals surface area contributed by atoms with Gasteiger partial charge in [-0.2, -0.15) is 0 Å². The van der Waals surface area contributed by atoms with E-state index < -0.39 is 5.97 Å². The largest absolute Gasteiger partial charge is 0.478 e. The maximum Gasteiger partial charge on any atom is 0.335 e. The van der Waals surface area contributed by atoms with E-state index in [-0.39, 0.29) is 11.7 Å². The van der Waals surface area contributed by atoms with E-state index in [1.54, 1.807) is 13.0 Å². The van der Waals surface area contributed by atoms with Crippen LogP contribution in [0, 0.1) is 6.92 Å². The zero-order valence-electron chi connectivity index (χ0n) is 9.27. The smallest absolute Gasteiger partial charge is 0.335 e. The highest BCUT2D eigenvalue weighted by Crippen LogP contribution is 2.23. The summed E-state index contributed by atoms with van der Waals surface area (Å²) in [6.45, 7) is 1.77. The van der Waals surface area contributed by atoms with Gasteiger partial charge in [0.2, 0.25) is 5.88 Å². The number of hydrogen-bond acceptors (Lipinski definition) is 3. The molecule has 4 nitrogen and oxygen atoms in total. The van der Waals surface area contributed by atoms with E-state index >= 15 is 0 Å². The van der Waals surface area contributed by atoms with E-state index in [9.17, 15) is 4.79 Å². The second-order valence-corrected chi connectivity index (χ2v) is 4.16. The van der Waals surface area contributed by atoms with E-state index in [2.05, 4.69) is 4.98 Å². The molecule has 0 atom stereocenters. The highest BCUT2D eigenvalue weighted by atomic mass is 16.5. The molecule has 0 unspecified atom stereocenters. The van der Waals surface area contributed by atoms with Crippen molar-refractivity contribution in [2.24, 2.45) is 0 Å². The van der Waals surface area contributed by atoms with E-state index in [1.807, 2.05) is 0 Å². The minimum atomic E-state index is -0.943. The summed E-state index contributed by atoms with van der Waals surface area (Å²) in [7, 11) is 0. The number of pyridine rings is 1. The number of nitrogens with zero attached hydrogens (tertiary/aromatic N) is 1. The first-order valence-corrected chi connectivity index (χ1v) is 5.54. The molecule has 86 valence electrons. The average Bonchev–Trinajstić information content (AvgIpc) is 2.69. The number of aromatic nitrogens is 1. The second kappa shape index (κ2) is 4.51. The van der Waals surface area contributed by atoms with Crippen molar-refractivity contribution < 1.29 is 14.6 Å². The Hall–Kier alpha value is -1.58. The Bertz CT molecular complexity index is 397. The number of carbonyl (C=O) groups is 1. The Balaban J connectivity index is 2.16. The van der Waals surface area contributed by atoms with Crippen molar-refractivity contribution in [1.82, 2.24) is 4.98 Å². The van der Waals surface area contributed by atoms with Crippen LogP contribution in [-0.4, -0.2) is 22.2 Å². The van der Waals surface area contributed by atoms with Gasteiger partial charge in [-0.1, -0.05) is 0 Å². The SMILES string of the molecule is Cc1cc(C(=O)O)cc(OC2CCCC2)n1. The summed E-state index contributed by atoms with van der Waals surface area (Å²) in [4.78, 5) is 15.1. The van der Waals surface area contributed by atoms with Gasteiger partial charge in [0, 0.05) is 11.8 Å². The van der Waals surface area contributed by atoms with Crippen molar-refractivity contribution in [1.29, 1.82) is 0 Å². The Morgan fingerprint density at radius 1 is 1.44 bits per heavy atom. The predicted octanol–water partition coefficient (Wildman–Crippen LogP) is 2.41. The summed E-state index contributed by atoms with van der Waals surface area (Å²) >= 11 is 0. The third kappa shape index (κ3) is 2.51. The van der Waals surface area contributed by atoms with E-state index in [4.69, 9.17) is 9.84 Å². The van der Waals surface area contributed by atoms with E-state index in [0.717, 1.165) is 12.8 Å². The van der Waals surface area contributed by atoms with Crippen LogP contribution in [0.3, 0.4) is 0 Å². The fraction of sp³-hybridized carbons (Fsp3) is 0.500. The number of carboxylic acid groups (broad SMARTS) is 1. The molecular formula is C12H15NO3. The van der Waals surface area contributed by atoms with Gasteiger partial charge in [0.15, 0.2) is 0 Å². The minimum Gasteiger partial charge on any atom is -0.478 e. The maximum absolute atomic E-state index is 10.9. The van der Waals surface area contributed by atoms with Gasteiger partial charge in [-0.05, 0) is 38.7 Å². The van der Waals surface area contributed by atoms with Crippen LogP contribution < -0.4 is 4.74 Å². The van der Waals surface area contributed by atoms with Crippen molar-refractivity contribution in [3.63, 3.8) is 0 Å². The molecule has 16 heavy (non-hydrogen) atoms. The van der Waals surface area contributed by atoms with Gasteiger partial charge < -0.3 is 9.84 Å². The van der Waals surface area contributed by atoms with Crippen LogP contribution in [0.2, 0.25) is 0 Å². The molecule has 0 aliphatic heterocycles. The van der Waals surface area contributed by atoms with Crippen LogP contribution in [0.5, 0.6) is 5.88 Å². The number of hydrogen-bond donors (Lipinski definition) is 1. The van der Waals surface area contributed by atoms with Crippen LogP contribution >= 0.6 is 0 Å². The standard InChI is InChI=1S/C12H15NO3/c1-8-6-9(12(14)15)7-11(13-8)16-10-4-2-3-5-10/h6-7,10H,2-5H2,1H3,(H,14,15). The third-order valence-corrected chi connectivity index (χ3v) is 2.77.